The topological polar surface area (TPSA) is 67.2 Å². The number of rotatable bonds is 3. The number of nitrogens with zero attached hydrogens (tertiary/aromatic N) is 2. The number of phenolic OH excluding ortho intramolecular Hbond substituents is 1. The van der Waals surface area contributed by atoms with Gasteiger partial charge in [-0.05, 0) is 19.1 Å². The molecule has 0 spiro atoms. The number of carbonyl (C=O) groups excluding carboxylic acids is 1. The Morgan fingerprint density at radius 3 is 2.89 bits per heavy atom. The lowest BCUT2D eigenvalue weighted by molar-refractivity contribution is 0.0941. The fourth-order valence-electron chi connectivity index (χ4n) is 1.79. The highest BCUT2D eigenvalue weighted by atomic mass is 19.1. The predicted molar refractivity (Wildman–Crippen MR) is 67.2 cm³/mol. The molecule has 0 atom stereocenters. The average Bonchev–Trinajstić information content (AvgIpc) is 2.70. The summed E-state index contributed by atoms with van der Waals surface area (Å²) in [5, 5.41) is 15.9. The van der Waals surface area contributed by atoms with Crippen molar-refractivity contribution in [3.8, 4) is 5.75 Å². The summed E-state index contributed by atoms with van der Waals surface area (Å²) in [5.41, 5.74) is 1.36. The number of aryl methyl sites for hydroxylation is 2. The minimum Gasteiger partial charge on any atom is -0.505 e. The van der Waals surface area contributed by atoms with Crippen molar-refractivity contribution in [1.82, 2.24) is 15.1 Å². The summed E-state index contributed by atoms with van der Waals surface area (Å²) in [6.07, 6.45) is 0. The van der Waals surface area contributed by atoms with Crippen LogP contribution in [0.25, 0.3) is 0 Å². The first-order valence-electron chi connectivity index (χ1n) is 5.74. The minimum absolute atomic E-state index is 0.00327. The second kappa shape index (κ2) is 5.09. The Morgan fingerprint density at radius 2 is 2.26 bits per heavy atom. The molecule has 2 N–H and O–H groups in total. The van der Waals surface area contributed by atoms with Crippen molar-refractivity contribution in [1.29, 1.82) is 0 Å². The molecule has 19 heavy (non-hydrogen) atoms. The number of aromatic nitrogens is 2. The minimum atomic E-state index is -0.719. The third-order valence-electron chi connectivity index (χ3n) is 2.73. The molecule has 0 unspecified atom stereocenters. The molecule has 1 aromatic heterocycles. The Labute approximate surface area is 109 Å². The highest BCUT2D eigenvalue weighted by Crippen LogP contribution is 2.18. The van der Waals surface area contributed by atoms with Crippen LogP contribution >= 0.6 is 0 Å². The van der Waals surface area contributed by atoms with Crippen LogP contribution in [0.2, 0.25) is 0 Å². The van der Waals surface area contributed by atoms with E-state index in [-0.39, 0.29) is 18.0 Å². The molecule has 1 aromatic carbocycles. The van der Waals surface area contributed by atoms with E-state index < -0.39 is 11.6 Å². The monoisotopic (exact) mass is 263 g/mol. The van der Waals surface area contributed by atoms with Crippen LogP contribution in [-0.4, -0.2) is 20.8 Å². The maximum atomic E-state index is 13.5. The average molecular weight is 263 g/mol. The SMILES string of the molecule is Cc1cc(C(=O)NCc2cccc(O)c2F)n(C)n1. The lowest BCUT2D eigenvalue weighted by atomic mass is 10.2. The number of benzene rings is 1. The van der Waals surface area contributed by atoms with Gasteiger partial charge in [0.2, 0.25) is 0 Å². The van der Waals surface area contributed by atoms with Crippen LogP contribution in [-0.2, 0) is 13.6 Å². The molecule has 6 heteroatoms. The third kappa shape index (κ3) is 2.73. The normalized spacial score (nSPS) is 10.5. The van der Waals surface area contributed by atoms with Gasteiger partial charge in [-0.3, -0.25) is 9.48 Å². The molecule has 0 bridgehead atoms. The molecule has 1 heterocycles. The largest absolute Gasteiger partial charge is 0.505 e. The van der Waals surface area contributed by atoms with Crippen LogP contribution in [0.1, 0.15) is 21.7 Å². The van der Waals surface area contributed by atoms with Crippen molar-refractivity contribution < 1.29 is 14.3 Å². The maximum Gasteiger partial charge on any atom is 0.269 e. The molecule has 0 aliphatic rings. The second-order valence-corrected chi connectivity index (χ2v) is 4.23. The van der Waals surface area contributed by atoms with Crippen molar-refractivity contribution >= 4 is 5.91 Å². The molecule has 0 saturated carbocycles. The van der Waals surface area contributed by atoms with Gasteiger partial charge in [-0.15, -0.1) is 0 Å². The van der Waals surface area contributed by atoms with E-state index in [9.17, 15) is 14.3 Å². The molecule has 0 fully saturated rings. The smallest absolute Gasteiger partial charge is 0.269 e. The lowest BCUT2D eigenvalue weighted by Crippen LogP contribution is -2.25. The molecule has 2 aromatic rings. The van der Waals surface area contributed by atoms with Gasteiger partial charge < -0.3 is 10.4 Å². The predicted octanol–water partition coefficient (Wildman–Crippen LogP) is 1.50. The molecular weight excluding hydrogens is 249 g/mol. The van der Waals surface area contributed by atoms with E-state index in [4.69, 9.17) is 0 Å². The van der Waals surface area contributed by atoms with Gasteiger partial charge in [0.15, 0.2) is 11.6 Å². The molecule has 0 saturated heterocycles. The summed E-state index contributed by atoms with van der Waals surface area (Å²) in [5.74, 6) is -1.49. The highest BCUT2D eigenvalue weighted by Gasteiger charge is 2.13. The molecule has 0 aliphatic heterocycles. The lowest BCUT2D eigenvalue weighted by Gasteiger charge is -2.07. The summed E-state index contributed by atoms with van der Waals surface area (Å²) < 4.78 is 15.0. The van der Waals surface area contributed by atoms with Crippen molar-refractivity contribution in [2.75, 3.05) is 0 Å². The zero-order chi connectivity index (χ0) is 14.0. The van der Waals surface area contributed by atoms with E-state index >= 15 is 0 Å². The van der Waals surface area contributed by atoms with Crippen LogP contribution in [0.3, 0.4) is 0 Å². The molecular formula is C13H14FN3O2. The number of nitrogens with one attached hydrogen (secondary N) is 1. The van der Waals surface area contributed by atoms with Gasteiger partial charge in [-0.2, -0.15) is 5.10 Å². The van der Waals surface area contributed by atoms with Gasteiger partial charge in [0, 0.05) is 19.2 Å². The zero-order valence-electron chi connectivity index (χ0n) is 10.6. The quantitative estimate of drug-likeness (QED) is 0.882. The number of hydrogen-bond acceptors (Lipinski definition) is 3. The summed E-state index contributed by atoms with van der Waals surface area (Å²) in [6, 6.07) is 5.93. The number of carbonyl (C=O) groups is 1. The van der Waals surface area contributed by atoms with Crippen molar-refractivity contribution in [2.24, 2.45) is 7.05 Å². The number of aromatic hydroxyl groups is 1. The van der Waals surface area contributed by atoms with Crippen molar-refractivity contribution in [2.45, 2.75) is 13.5 Å². The highest BCUT2D eigenvalue weighted by molar-refractivity contribution is 5.92. The Bertz CT molecular complexity index is 622. The number of phenols is 1. The molecule has 1 amide bonds. The molecule has 0 radical (unpaired) electrons. The van der Waals surface area contributed by atoms with Gasteiger partial charge in [-0.1, -0.05) is 12.1 Å². The summed E-state index contributed by atoms with van der Waals surface area (Å²) in [7, 11) is 1.66. The van der Waals surface area contributed by atoms with Gasteiger partial charge in [0.1, 0.15) is 5.69 Å². The maximum absolute atomic E-state index is 13.5. The van der Waals surface area contributed by atoms with Crippen LogP contribution < -0.4 is 5.32 Å². The zero-order valence-corrected chi connectivity index (χ0v) is 10.6. The van der Waals surface area contributed by atoms with Crippen LogP contribution in [0.15, 0.2) is 24.3 Å². The Hall–Kier alpha value is -2.37. The summed E-state index contributed by atoms with van der Waals surface area (Å²) in [6.45, 7) is 1.79. The fraction of sp³-hybridized carbons (Fsp3) is 0.231. The fourth-order valence-corrected chi connectivity index (χ4v) is 1.79. The van der Waals surface area contributed by atoms with Crippen LogP contribution in [0.4, 0.5) is 4.39 Å². The van der Waals surface area contributed by atoms with E-state index in [1.807, 2.05) is 0 Å². The van der Waals surface area contributed by atoms with Crippen LogP contribution in [0.5, 0.6) is 5.75 Å². The van der Waals surface area contributed by atoms with Gasteiger partial charge in [0.25, 0.3) is 5.91 Å². The van der Waals surface area contributed by atoms with E-state index in [2.05, 4.69) is 10.4 Å². The van der Waals surface area contributed by atoms with Crippen molar-refractivity contribution in [3.63, 3.8) is 0 Å². The van der Waals surface area contributed by atoms with E-state index in [1.165, 1.54) is 22.9 Å². The van der Waals surface area contributed by atoms with Crippen molar-refractivity contribution in [3.05, 3.63) is 47.0 Å². The summed E-state index contributed by atoms with van der Waals surface area (Å²) >= 11 is 0. The van der Waals surface area contributed by atoms with E-state index in [0.29, 0.717) is 5.69 Å². The first kappa shape index (κ1) is 13.1. The number of amides is 1. The van der Waals surface area contributed by atoms with Gasteiger partial charge in [-0.25, -0.2) is 4.39 Å². The molecule has 0 aliphatic carbocycles. The summed E-state index contributed by atoms with van der Waals surface area (Å²) in [4.78, 5) is 11.9. The Balaban J connectivity index is 2.09. The third-order valence-corrected chi connectivity index (χ3v) is 2.73. The van der Waals surface area contributed by atoms with E-state index in [1.54, 1.807) is 20.0 Å². The molecule has 100 valence electrons. The Morgan fingerprint density at radius 1 is 1.53 bits per heavy atom. The molecule has 5 nitrogen and oxygen atoms in total. The molecule has 2 rings (SSSR count). The standard InChI is InChI=1S/C13H14FN3O2/c1-8-6-10(17(2)16-8)13(19)15-7-9-4-3-5-11(18)12(9)14/h3-6,18H,7H2,1-2H3,(H,15,19). The first-order valence-corrected chi connectivity index (χ1v) is 5.74. The second-order valence-electron chi connectivity index (χ2n) is 4.23. The van der Waals surface area contributed by atoms with Crippen LogP contribution in [0, 0.1) is 12.7 Å². The Kier molecular flexibility index (Phi) is 3.50. The first-order chi connectivity index (χ1) is 8.99. The van der Waals surface area contributed by atoms with E-state index in [0.717, 1.165) is 5.69 Å². The van der Waals surface area contributed by atoms with Gasteiger partial charge >= 0.3 is 0 Å². The number of halogens is 1. The van der Waals surface area contributed by atoms with Gasteiger partial charge in [0.05, 0.1) is 5.69 Å². The number of hydrogen-bond donors (Lipinski definition) is 2.